The monoisotopic (exact) mass is 1020 g/mol. The van der Waals surface area contributed by atoms with E-state index in [1.54, 1.807) is 27.7 Å². The fourth-order valence-corrected chi connectivity index (χ4v) is 6.29. The molecule has 18 N–H and O–H groups in total. The molecule has 0 fully saturated rings. The lowest BCUT2D eigenvalue weighted by Gasteiger charge is -2.28. The Bertz CT molecular complexity index is 1870. The van der Waals surface area contributed by atoms with E-state index in [-0.39, 0.29) is 12.3 Å². The van der Waals surface area contributed by atoms with Gasteiger partial charge in [0.1, 0.15) is 48.3 Å². The van der Waals surface area contributed by atoms with E-state index in [9.17, 15) is 83.1 Å². The van der Waals surface area contributed by atoms with E-state index in [0.29, 0.717) is 25.8 Å². The molecule has 0 rings (SSSR count). The summed E-state index contributed by atoms with van der Waals surface area (Å²) in [6.07, 6.45) is -2.66. The molecule has 0 aromatic heterocycles. The van der Waals surface area contributed by atoms with Crippen molar-refractivity contribution in [1.82, 2.24) is 47.9 Å². The molecule has 0 aliphatic rings. The summed E-state index contributed by atoms with van der Waals surface area (Å²) in [5, 5.41) is 69.0. The molecule has 0 unspecified atom stereocenters. The number of unbranched alkanes of at least 4 members (excludes halogenated alkanes) is 1. The summed E-state index contributed by atoms with van der Waals surface area (Å²) >= 11 is 0. The topological polar surface area (TPSA) is 466 Å². The van der Waals surface area contributed by atoms with E-state index in [1.807, 2.05) is 0 Å². The maximum absolute atomic E-state index is 13.6. The SMILES string of the molecule is CC[C@H](C)[C@H](NC(=O)[C@H](C)NC(=O)[C@@H](NC(=O)[C@H](CC(=O)O)NC(=O)[C@H](CCC(=O)O)NC(=O)[C@H](CO)NC(=O)[C@@H](N)C(C)C)C(C)C)C(=O)NCC(=O)N[C@H](C(=O)N[C@@H](CCCCN)C(=O)O)[C@@H](C)O. The number of nitrogens with one attached hydrogen (secondary N) is 9. The number of rotatable bonds is 34. The average molecular weight is 1020 g/mol. The summed E-state index contributed by atoms with van der Waals surface area (Å²) in [6.45, 7) is 10.5. The Balaban J connectivity index is 6.04. The van der Waals surface area contributed by atoms with Crippen molar-refractivity contribution in [3.63, 3.8) is 0 Å². The number of carbonyl (C=O) groups is 12. The van der Waals surface area contributed by atoms with E-state index < -0.39 is 176 Å². The highest BCUT2D eigenvalue weighted by Gasteiger charge is 2.36. The first kappa shape index (κ1) is 64.5. The minimum atomic E-state index is -1.94. The third kappa shape index (κ3) is 23.8. The number of nitrogens with two attached hydrogens (primary N) is 2. The summed E-state index contributed by atoms with van der Waals surface area (Å²) in [6, 6.07) is -13.6. The summed E-state index contributed by atoms with van der Waals surface area (Å²) in [5.74, 6) is -15.2. The van der Waals surface area contributed by atoms with Gasteiger partial charge in [-0.3, -0.25) is 52.7 Å². The van der Waals surface area contributed by atoms with Crippen molar-refractivity contribution in [3.8, 4) is 0 Å². The van der Waals surface area contributed by atoms with Crippen molar-refractivity contribution in [2.75, 3.05) is 19.7 Å². The minimum Gasteiger partial charge on any atom is -0.481 e. The van der Waals surface area contributed by atoms with E-state index in [4.69, 9.17) is 11.5 Å². The van der Waals surface area contributed by atoms with Gasteiger partial charge in [0.25, 0.3) is 0 Å². The van der Waals surface area contributed by atoms with Crippen LogP contribution in [0.2, 0.25) is 0 Å². The molecule has 0 aromatic carbocycles. The van der Waals surface area contributed by atoms with Gasteiger partial charge in [-0.15, -0.1) is 0 Å². The summed E-state index contributed by atoms with van der Waals surface area (Å²) in [7, 11) is 0. The maximum Gasteiger partial charge on any atom is 0.326 e. The molecule has 28 nitrogen and oxygen atoms in total. The van der Waals surface area contributed by atoms with E-state index in [0.717, 1.165) is 0 Å². The number of aliphatic hydroxyl groups excluding tert-OH is 2. The molecule has 0 aliphatic heterocycles. The second-order valence-electron chi connectivity index (χ2n) is 17.7. The zero-order chi connectivity index (χ0) is 54.9. The molecule has 28 heteroatoms. The Morgan fingerprint density at radius 3 is 1.54 bits per heavy atom. The lowest BCUT2D eigenvalue weighted by molar-refractivity contribution is -0.143. The fraction of sp³-hybridized carbons (Fsp3) is 0.721. The Labute approximate surface area is 411 Å². The van der Waals surface area contributed by atoms with Crippen LogP contribution in [-0.2, 0) is 57.5 Å². The van der Waals surface area contributed by atoms with Crippen molar-refractivity contribution in [2.45, 2.75) is 161 Å². The molecule has 0 saturated heterocycles. The van der Waals surface area contributed by atoms with Crippen LogP contribution >= 0.6 is 0 Å². The van der Waals surface area contributed by atoms with Gasteiger partial charge >= 0.3 is 17.9 Å². The molecule has 0 aromatic rings. The highest BCUT2D eigenvalue weighted by Crippen LogP contribution is 2.11. The van der Waals surface area contributed by atoms with Crippen molar-refractivity contribution in [1.29, 1.82) is 0 Å². The molecular weight excluding hydrogens is 943 g/mol. The lowest BCUT2D eigenvalue weighted by Crippen LogP contribution is -2.61. The van der Waals surface area contributed by atoms with Crippen LogP contribution in [0.3, 0.4) is 0 Å². The number of hydrogen-bond donors (Lipinski definition) is 16. The zero-order valence-electron chi connectivity index (χ0n) is 41.4. The summed E-state index contributed by atoms with van der Waals surface area (Å²) < 4.78 is 0. The molecule has 0 bridgehead atoms. The van der Waals surface area contributed by atoms with Crippen LogP contribution in [0.4, 0.5) is 0 Å². The molecule has 0 saturated carbocycles. The average Bonchev–Trinajstić information content (AvgIpc) is 3.28. The number of carbonyl (C=O) groups excluding carboxylic acids is 9. The van der Waals surface area contributed by atoms with Gasteiger partial charge in [-0.1, -0.05) is 48.0 Å². The molecule has 9 amide bonds. The third-order valence-corrected chi connectivity index (χ3v) is 11.0. The van der Waals surface area contributed by atoms with Gasteiger partial charge < -0.3 is 84.9 Å². The number of hydrogen-bond acceptors (Lipinski definition) is 16. The Morgan fingerprint density at radius 1 is 0.521 bits per heavy atom. The third-order valence-electron chi connectivity index (χ3n) is 11.0. The molecule has 0 aliphatic carbocycles. The smallest absolute Gasteiger partial charge is 0.326 e. The molecule has 0 radical (unpaired) electrons. The lowest BCUT2D eigenvalue weighted by atomic mass is 9.97. The van der Waals surface area contributed by atoms with Gasteiger partial charge in [-0.2, -0.15) is 0 Å². The van der Waals surface area contributed by atoms with Crippen molar-refractivity contribution < 1.29 is 83.1 Å². The maximum atomic E-state index is 13.6. The number of aliphatic carboxylic acids is 3. The van der Waals surface area contributed by atoms with Crippen LogP contribution in [0.5, 0.6) is 0 Å². The van der Waals surface area contributed by atoms with Gasteiger partial charge in [0.2, 0.25) is 53.2 Å². The number of carboxylic acid groups (broad SMARTS) is 3. The molecule has 0 heterocycles. The Hall–Kier alpha value is -6.52. The normalized spacial score (nSPS) is 15.8. The van der Waals surface area contributed by atoms with Gasteiger partial charge in [0, 0.05) is 6.42 Å². The molecule has 0 spiro atoms. The van der Waals surface area contributed by atoms with Crippen LogP contribution in [0.15, 0.2) is 0 Å². The summed E-state index contributed by atoms with van der Waals surface area (Å²) in [5.41, 5.74) is 11.2. The minimum absolute atomic E-state index is 0.0332. The quantitative estimate of drug-likeness (QED) is 0.0268. The highest BCUT2D eigenvalue weighted by molar-refractivity contribution is 5.99. The first-order valence-electron chi connectivity index (χ1n) is 23.1. The van der Waals surface area contributed by atoms with Crippen LogP contribution in [-0.4, -0.2) is 177 Å². The van der Waals surface area contributed by atoms with E-state index >= 15 is 0 Å². The molecule has 11 atom stereocenters. The van der Waals surface area contributed by atoms with Crippen molar-refractivity contribution >= 4 is 71.1 Å². The van der Waals surface area contributed by atoms with Crippen LogP contribution in [0, 0.1) is 17.8 Å². The van der Waals surface area contributed by atoms with Gasteiger partial charge in [-0.25, -0.2) is 4.79 Å². The zero-order valence-corrected chi connectivity index (χ0v) is 41.4. The molecule has 71 heavy (non-hydrogen) atoms. The number of amides is 9. The molecule has 404 valence electrons. The highest BCUT2D eigenvalue weighted by atomic mass is 16.4. The summed E-state index contributed by atoms with van der Waals surface area (Å²) in [4.78, 5) is 154. The van der Waals surface area contributed by atoms with Crippen LogP contribution in [0.25, 0.3) is 0 Å². The predicted molar refractivity (Wildman–Crippen MR) is 250 cm³/mol. The van der Waals surface area contributed by atoms with E-state index in [1.165, 1.54) is 27.7 Å². The van der Waals surface area contributed by atoms with Crippen LogP contribution < -0.4 is 59.3 Å². The van der Waals surface area contributed by atoms with Gasteiger partial charge in [-0.05, 0) is 63.8 Å². The predicted octanol–water partition coefficient (Wildman–Crippen LogP) is -5.39. The Kier molecular flexibility index (Phi) is 29.4. The first-order valence-corrected chi connectivity index (χ1v) is 23.1. The number of aliphatic hydroxyl groups is 2. The first-order chi connectivity index (χ1) is 33.0. The van der Waals surface area contributed by atoms with Crippen LogP contribution in [0.1, 0.15) is 100 Å². The Morgan fingerprint density at radius 2 is 1.04 bits per heavy atom. The second-order valence-corrected chi connectivity index (χ2v) is 17.7. The van der Waals surface area contributed by atoms with Crippen molar-refractivity contribution in [2.24, 2.45) is 29.2 Å². The van der Waals surface area contributed by atoms with Gasteiger partial charge in [0.05, 0.1) is 31.7 Å². The van der Waals surface area contributed by atoms with Gasteiger partial charge in [0.15, 0.2) is 0 Å². The van der Waals surface area contributed by atoms with E-state index in [2.05, 4.69) is 47.9 Å². The number of carboxylic acids is 3. The standard InChI is InChI=1S/C43H75N11O17/c1-9-21(6)33(40(67)46-17-28(57)52-34(23(8)56)42(69)49-25(43(70)71)12-10-11-15-44)54-35(62)22(7)47-41(68)32(20(4)5)53-37(64)26(16-30(60)61)50-36(63)24(13-14-29(58)59)48-38(65)27(18-55)51-39(66)31(45)19(2)3/h19-27,31-34,55-56H,9-18,44-45H2,1-8H3,(H,46,67)(H,47,68)(H,48,65)(H,49,69)(H,50,63)(H,51,66)(H,52,57)(H,53,64)(H,54,62)(H,58,59)(H,60,61)(H,70,71)/t21-,22-,23+,24-,25-,26-,27-,31-,32-,33-,34-/m0/s1. The largest absolute Gasteiger partial charge is 0.481 e. The molecular formula is C43H75N11O17. The second kappa shape index (κ2) is 32.4. The van der Waals surface area contributed by atoms with Crippen molar-refractivity contribution in [3.05, 3.63) is 0 Å². The fourth-order valence-electron chi connectivity index (χ4n) is 6.29.